The highest BCUT2D eigenvalue weighted by Crippen LogP contribution is 2.40. The fourth-order valence-electron chi connectivity index (χ4n) is 2.43. The van der Waals surface area contributed by atoms with Crippen molar-refractivity contribution >= 4 is 34.8 Å². The first kappa shape index (κ1) is 13.3. The molecule has 1 aliphatic rings. The lowest BCUT2D eigenvalue weighted by molar-refractivity contribution is -0.128. The number of hydrogen-bond acceptors (Lipinski definition) is 2. The van der Waals surface area contributed by atoms with E-state index in [-0.39, 0.29) is 17.8 Å². The van der Waals surface area contributed by atoms with Gasteiger partial charge in [-0.25, -0.2) is 5.01 Å². The van der Waals surface area contributed by atoms with Gasteiger partial charge < -0.3 is 0 Å². The van der Waals surface area contributed by atoms with Crippen LogP contribution in [0.25, 0.3) is 0 Å². The van der Waals surface area contributed by atoms with Gasteiger partial charge in [0.15, 0.2) is 0 Å². The molecule has 0 aliphatic carbocycles. The van der Waals surface area contributed by atoms with E-state index in [9.17, 15) is 4.79 Å². The first-order chi connectivity index (χ1) is 9.70. The lowest BCUT2D eigenvalue weighted by atomic mass is 9.98. The Morgan fingerprint density at radius 1 is 1.20 bits per heavy atom. The van der Waals surface area contributed by atoms with E-state index in [1.807, 2.05) is 42.5 Å². The van der Waals surface area contributed by atoms with Crippen LogP contribution in [0.1, 0.15) is 17.2 Å². The number of rotatable bonds is 2. The Bertz CT molecular complexity index is 646. The Morgan fingerprint density at radius 2 is 1.95 bits per heavy atom. The van der Waals surface area contributed by atoms with Gasteiger partial charge in [0.05, 0.1) is 5.69 Å². The van der Waals surface area contributed by atoms with Gasteiger partial charge in [0, 0.05) is 10.6 Å². The number of carbonyl (C=O) groups is 1. The maximum atomic E-state index is 12.0. The number of amides is 1. The number of alkyl halides is 1. The van der Waals surface area contributed by atoms with Crippen molar-refractivity contribution in [1.29, 1.82) is 0 Å². The molecule has 102 valence electrons. The molecule has 0 aromatic heterocycles. The average Bonchev–Trinajstić information content (AvgIpc) is 2.85. The van der Waals surface area contributed by atoms with Crippen LogP contribution in [-0.4, -0.2) is 16.8 Å². The third-order valence-corrected chi connectivity index (χ3v) is 3.77. The van der Waals surface area contributed by atoms with Gasteiger partial charge in [-0.1, -0.05) is 41.9 Å². The molecule has 1 amide bonds. The molecule has 1 aliphatic heterocycles. The quantitative estimate of drug-likeness (QED) is 0.855. The van der Waals surface area contributed by atoms with Crippen molar-refractivity contribution in [3.63, 3.8) is 0 Å². The summed E-state index contributed by atoms with van der Waals surface area (Å²) in [6.07, 6.45) is 0. The van der Waals surface area contributed by atoms with Gasteiger partial charge in [-0.05, 0) is 23.8 Å². The Labute approximate surface area is 127 Å². The number of carbonyl (C=O) groups excluding carboxylic acids is 1. The van der Waals surface area contributed by atoms with Crippen LogP contribution in [-0.2, 0) is 4.79 Å². The standard InChI is InChI=1S/C15H12Cl2N2O/c16-9-14(20)19-15(10-4-2-1-3-5-10)12-8-11(17)6-7-13(12)18-19/h1-8,15,18H,9H2. The molecule has 5 heteroatoms. The minimum atomic E-state index is -0.212. The van der Waals surface area contributed by atoms with Crippen LogP contribution >= 0.6 is 23.2 Å². The number of benzene rings is 2. The molecular formula is C15H12Cl2N2O. The van der Waals surface area contributed by atoms with Crippen molar-refractivity contribution in [3.8, 4) is 0 Å². The second-order valence-corrected chi connectivity index (χ2v) is 5.26. The lowest BCUT2D eigenvalue weighted by Crippen LogP contribution is -2.36. The molecule has 2 aromatic rings. The Kier molecular flexibility index (Phi) is 3.55. The number of hydrogen-bond donors (Lipinski definition) is 1. The van der Waals surface area contributed by atoms with Gasteiger partial charge in [-0.3, -0.25) is 10.2 Å². The molecule has 0 saturated heterocycles. The molecule has 1 N–H and O–H groups in total. The first-order valence-corrected chi connectivity index (χ1v) is 7.11. The minimum absolute atomic E-state index is 0.0714. The largest absolute Gasteiger partial charge is 0.295 e. The van der Waals surface area contributed by atoms with Crippen molar-refractivity contribution in [2.75, 3.05) is 11.3 Å². The monoisotopic (exact) mass is 306 g/mol. The summed E-state index contributed by atoms with van der Waals surface area (Å²) in [7, 11) is 0. The molecule has 1 atom stereocenters. The number of fused-ring (bicyclic) bond motifs is 1. The summed E-state index contributed by atoms with van der Waals surface area (Å²) in [5.41, 5.74) is 5.97. The predicted molar refractivity (Wildman–Crippen MR) is 80.9 cm³/mol. The van der Waals surface area contributed by atoms with E-state index >= 15 is 0 Å². The minimum Gasteiger partial charge on any atom is -0.295 e. The highest BCUT2D eigenvalue weighted by atomic mass is 35.5. The third kappa shape index (κ3) is 2.23. The number of nitrogens with zero attached hydrogens (tertiary/aromatic N) is 1. The summed E-state index contributed by atoms with van der Waals surface area (Å²) in [6.45, 7) is 0. The van der Waals surface area contributed by atoms with Crippen LogP contribution < -0.4 is 5.43 Å². The molecular weight excluding hydrogens is 295 g/mol. The molecule has 0 spiro atoms. The van der Waals surface area contributed by atoms with Gasteiger partial charge in [0.2, 0.25) is 0 Å². The maximum Gasteiger partial charge on any atom is 0.256 e. The van der Waals surface area contributed by atoms with E-state index in [1.54, 1.807) is 11.1 Å². The highest BCUT2D eigenvalue weighted by Gasteiger charge is 2.34. The van der Waals surface area contributed by atoms with Crippen LogP contribution in [0.4, 0.5) is 5.69 Å². The van der Waals surface area contributed by atoms with Crippen LogP contribution in [0.5, 0.6) is 0 Å². The normalized spacial score (nSPS) is 16.7. The van der Waals surface area contributed by atoms with Gasteiger partial charge >= 0.3 is 0 Å². The van der Waals surface area contributed by atoms with E-state index in [0.717, 1.165) is 16.8 Å². The summed E-state index contributed by atoms with van der Waals surface area (Å²) in [5.74, 6) is -0.245. The third-order valence-electron chi connectivity index (χ3n) is 3.31. The number of halogens is 2. The molecule has 1 heterocycles. The summed E-state index contributed by atoms with van der Waals surface area (Å²) in [5, 5.41) is 2.20. The van der Waals surface area contributed by atoms with E-state index in [0.29, 0.717) is 5.02 Å². The molecule has 20 heavy (non-hydrogen) atoms. The van der Waals surface area contributed by atoms with Gasteiger partial charge in [-0.2, -0.15) is 0 Å². The zero-order valence-corrected chi connectivity index (χ0v) is 12.0. The predicted octanol–water partition coefficient (Wildman–Crippen LogP) is 3.84. The van der Waals surface area contributed by atoms with Crippen molar-refractivity contribution in [2.24, 2.45) is 0 Å². The molecule has 0 bridgehead atoms. The Hall–Kier alpha value is -1.71. The number of anilines is 1. The van der Waals surface area contributed by atoms with E-state index < -0.39 is 0 Å². The van der Waals surface area contributed by atoms with Crippen LogP contribution in [0.2, 0.25) is 5.02 Å². The summed E-state index contributed by atoms with van der Waals surface area (Å²) in [6, 6.07) is 15.1. The van der Waals surface area contributed by atoms with Crippen molar-refractivity contribution in [1.82, 2.24) is 5.01 Å². The molecule has 3 rings (SSSR count). The van der Waals surface area contributed by atoms with Crippen LogP contribution in [0, 0.1) is 0 Å². The van der Waals surface area contributed by atoms with E-state index in [4.69, 9.17) is 23.2 Å². The van der Waals surface area contributed by atoms with Gasteiger partial charge in [0.25, 0.3) is 5.91 Å². The van der Waals surface area contributed by atoms with E-state index in [2.05, 4.69) is 5.43 Å². The fraction of sp³-hybridized carbons (Fsp3) is 0.133. The molecule has 0 radical (unpaired) electrons. The number of nitrogens with one attached hydrogen (secondary N) is 1. The summed E-state index contributed by atoms with van der Waals surface area (Å²) < 4.78 is 0. The Balaban J connectivity index is 2.11. The topological polar surface area (TPSA) is 32.3 Å². The molecule has 0 fully saturated rings. The van der Waals surface area contributed by atoms with Crippen molar-refractivity contribution < 1.29 is 4.79 Å². The summed E-state index contributed by atoms with van der Waals surface area (Å²) >= 11 is 11.8. The van der Waals surface area contributed by atoms with Crippen molar-refractivity contribution in [2.45, 2.75) is 6.04 Å². The molecule has 1 unspecified atom stereocenters. The second kappa shape index (κ2) is 5.35. The average molecular weight is 307 g/mol. The second-order valence-electron chi connectivity index (χ2n) is 4.55. The van der Waals surface area contributed by atoms with Gasteiger partial charge in [0.1, 0.15) is 11.9 Å². The van der Waals surface area contributed by atoms with Gasteiger partial charge in [-0.15, -0.1) is 11.6 Å². The lowest BCUT2D eigenvalue weighted by Gasteiger charge is -2.24. The number of hydrazine groups is 1. The molecule has 0 saturated carbocycles. The first-order valence-electron chi connectivity index (χ1n) is 6.20. The highest BCUT2D eigenvalue weighted by molar-refractivity contribution is 6.30. The van der Waals surface area contributed by atoms with Crippen molar-refractivity contribution in [3.05, 3.63) is 64.7 Å². The maximum absolute atomic E-state index is 12.0. The Morgan fingerprint density at radius 3 is 2.65 bits per heavy atom. The summed E-state index contributed by atoms with van der Waals surface area (Å²) in [4.78, 5) is 12.0. The fourth-order valence-corrected chi connectivity index (χ4v) is 2.74. The van der Waals surface area contributed by atoms with Crippen LogP contribution in [0.15, 0.2) is 48.5 Å². The SMILES string of the molecule is O=C(CCl)N1Nc2ccc(Cl)cc2C1c1ccccc1. The zero-order valence-electron chi connectivity index (χ0n) is 10.5. The smallest absolute Gasteiger partial charge is 0.256 e. The zero-order chi connectivity index (χ0) is 14.1. The molecule has 3 nitrogen and oxygen atoms in total. The molecule has 2 aromatic carbocycles. The van der Waals surface area contributed by atoms with Crippen LogP contribution in [0.3, 0.4) is 0 Å². The van der Waals surface area contributed by atoms with E-state index in [1.165, 1.54) is 0 Å².